The van der Waals surface area contributed by atoms with Crippen molar-refractivity contribution in [1.29, 1.82) is 0 Å². The topological polar surface area (TPSA) is 47.0 Å². The molecule has 17 heavy (non-hydrogen) atoms. The molecule has 1 N–H and O–H groups in total. The standard InChI is InChI=1S/C11H9Br2N3O/c1-17-10-3-2-7(12)4-9(10)16-11-8(13)5-14-6-15-11/h2-6H,1H3,(H,14,15,16). The van der Waals surface area contributed by atoms with Crippen LogP contribution in [0.3, 0.4) is 0 Å². The summed E-state index contributed by atoms with van der Waals surface area (Å²) in [7, 11) is 1.63. The smallest absolute Gasteiger partial charge is 0.148 e. The quantitative estimate of drug-likeness (QED) is 0.907. The van der Waals surface area contributed by atoms with Gasteiger partial charge in [0.05, 0.1) is 17.3 Å². The molecule has 88 valence electrons. The van der Waals surface area contributed by atoms with Crippen molar-refractivity contribution in [3.05, 3.63) is 39.7 Å². The third-order valence-corrected chi connectivity index (χ3v) is 3.16. The molecule has 0 unspecified atom stereocenters. The molecule has 4 nitrogen and oxygen atoms in total. The summed E-state index contributed by atoms with van der Waals surface area (Å²) in [4.78, 5) is 8.05. The van der Waals surface area contributed by atoms with E-state index in [1.54, 1.807) is 13.3 Å². The Morgan fingerprint density at radius 3 is 2.82 bits per heavy atom. The van der Waals surface area contributed by atoms with Gasteiger partial charge in [-0.2, -0.15) is 0 Å². The Hall–Kier alpha value is -1.14. The molecule has 0 amide bonds. The Balaban J connectivity index is 2.35. The number of hydrogen-bond acceptors (Lipinski definition) is 4. The summed E-state index contributed by atoms with van der Waals surface area (Å²) >= 11 is 6.80. The number of rotatable bonds is 3. The van der Waals surface area contributed by atoms with Gasteiger partial charge in [-0.3, -0.25) is 0 Å². The van der Waals surface area contributed by atoms with Crippen molar-refractivity contribution in [2.24, 2.45) is 0 Å². The highest BCUT2D eigenvalue weighted by Gasteiger charge is 2.07. The average molecular weight is 359 g/mol. The van der Waals surface area contributed by atoms with E-state index >= 15 is 0 Å². The molecular weight excluding hydrogens is 350 g/mol. The minimum Gasteiger partial charge on any atom is -0.495 e. The van der Waals surface area contributed by atoms with E-state index in [2.05, 4.69) is 47.1 Å². The highest BCUT2D eigenvalue weighted by molar-refractivity contribution is 9.10. The zero-order valence-electron chi connectivity index (χ0n) is 8.95. The molecule has 0 aliphatic heterocycles. The van der Waals surface area contributed by atoms with Crippen molar-refractivity contribution in [2.75, 3.05) is 12.4 Å². The zero-order chi connectivity index (χ0) is 12.3. The van der Waals surface area contributed by atoms with Crippen LogP contribution < -0.4 is 10.1 Å². The lowest BCUT2D eigenvalue weighted by molar-refractivity contribution is 0.416. The molecule has 0 aliphatic rings. The fourth-order valence-corrected chi connectivity index (χ4v) is 1.99. The minimum atomic E-state index is 0.691. The first-order valence-electron chi connectivity index (χ1n) is 4.77. The summed E-state index contributed by atoms with van der Waals surface area (Å²) in [6, 6.07) is 5.72. The second kappa shape index (κ2) is 5.46. The third kappa shape index (κ3) is 2.95. The molecule has 0 bridgehead atoms. The molecule has 1 aromatic carbocycles. The van der Waals surface area contributed by atoms with E-state index in [1.165, 1.54) is 6.33 Å². The van der Waals surface area contributed by atoms with Gasteiger partial charge < -0.3 is 10.1 Å². The summed E-state index contributed by atoms with van der Waals surface area (Å²) in [6.07, 6.45) is 3.16. The fourth-order valence-electron chi connectivity index (χ4n) is 1.31. The first-order chi connectivity index (χ1) is 8.20. The van der Waals surface area contributed by atoms with Crippen LogP contribution >= 0.6 is 31.9 Å². The van der Waals surface area contributed by atoms with Gasteiger partial charge >= 0.3 is 0 Å². The van der Waals surface area contributed by atoms with Crippen molar-refractivity contribution in [1.82, 2.24) is 9.97 Å². The predicted octanol–water partition coefficient (Wildman–Crippen LogP) is 3.75. The van der Waals surface area contributed by atoms with Crippen molar-refractivity contribution in [2.45, 2.75) is 0 Å². The molecule has 2 rings (SSSR count). The van der Waals surface area contributed by atoms with Gasteiger partial charge in [-0.15, -0.1) is 0 Å². The molecule has 2 aromatic rings. The second-order valence-electron chi connectivity index (χ2n) is 3.19. The van der Waals surface area contributed by atoms with E-state index in [4.69, 9.17) is 4.74 Å². The van der Waals surface area contributed by atoms with Crippen molar-refractivity contribution in [3.8, 4) is 5.75 Å². The maximum Gasteiger partial charge on any atom is 0.148 e. The summed E-state index contributed by atoms with van der Waals surface area (Å²) in [5.41, 5.74) is 0.835. The van der Waals surface area contributed by atoms with Crippen LogP contribution in [-0.2, 0) is 0 Å². The van der Waals surface area contributed by atoms with E-state index in [0.29, 0.717) is 5.82 Å². The van der Waals surface area contributed by atoms with Crippen LogP contribution in [0, 0.1) is 0 Å². The van der Waals surface area contributed by atoms with Crippen LogP contribution in [0.2, 0.25) is 0 Å². The molecule has 0 saturated heterocycles. The molecule has 0 atom stereocenters. The predicted molar refractivity (Wildman–Crippen MR) is 73.7 cm³/mol. The van der Waals surface area contributed by atoms with Crippen LogP contribution in [0.5, 0.6) is 5.75 Å². The summed E-state index contributed by atoms with van der Waals surface area (Å²) in [5.74, 6) is 1.44. The number of hydrogen-bond donors (Lipinski definition) is 1. The van der Waals surface area contributed by atoms with E-state index < -0.39 is 0 Å². The van der Waals surface area contributed by atoms with Gasteiger partial charge in [-0.05, 0) is 34.1 Å². The van der Waals surface area contributed by atoms with E-state index in [1.807, 2.05) is 18.2 Å². The number of halogens is 2. The van der Waals surface area contributed by atoms with Crippen molar-refractivity contribution >= 4 is 43.4 Å². The highest BCUT2D eigenvalue weighted by atomic mass is 79.9. The van der Waals surface area contributed by atoms with Crippen LogP contribution in [0.4, 0.5) is 11.5 Å². The first-order valence-corrected chi connectivity index (χ1v) is 6.35. The van der Waals surface area contributed by atoms with Crippen LogP contribution in [0.15, 0.2) is 39.7 Å². The van der Waals surface area contributed by atoms with Crippen LogP contribution in [0.1, 0.15) is 0 Å². The van der Waals surface area contributed by atoms with Crippen LogP contribution in [0.25, 0.3) is 0 Å². The first kappa shape index (κ1) is 12.3. The molecule has 1 aromatic heterocycles. The maximum atomic E-state index is 5.27. The Morgan fingerprint density at radius 2 is 2.12 bits per heavy atom. The van der Waals surface area contributed by atoms with Gasteiger partial charge in [0.15, 0.2) is 0 Å². The number of aromatic nitrogens is 2. The molecular formula is C11H9Br2N3O. The Bertz CT molecular complexity index is 534. The molecule has 6 heteroatoms. The average Bonchev–Trinajstić information content (AvgIpc) is 2.32. The SMILES string of the molecule is COc1ccc(Br)cc1Nc1ncncc1Br. The summed E-state index contributed by atoms with van der Waals surface area (Å²) in [6.45, 7) is 0. The Kier molecular flexibility index (Phi) is 3.96. The zero-order valence-corrected chi connectivity index (χ0v) is 12.1. The monoisotopic (exact) mass is 357 g/mol. The molecule has 0 saturated carbocycles. The number of benzene rings is 1. The normalized spacial score (nSPS) is 10.1. The largest absolute Gasteiger partial charge is 0.495 e. The number of anilines is 2. The lowest BCUT2D eigenvalue weighted by atomic mass is 10.3. The molecule has 0 radical (unpaired) electrons. The van der Waals surface area contributed by atoms with Gasteiger partial charge in [0.25, 0.3) is 0 Å². The highest BCUT2D eigenvalue weighted by Crippen LogP contribution is 2.31. The number of nitrogens with zero attached hydrogens (tertiary/aromatic N) is 2. The Labute approximate surface area is 116 Å². The Morgan fingerprint density at radius 1 is 1.29 bits per heavy atom. The number of ether oxygens (including phenoxy) is 1. The van der Waals surface area contributed by atoms with E-state index in [-0.39, 0.29) is 0 Å². The third-order valence-electron chi connectivity index (χ3n) is 2.08. The second-order valence-corrected chi connectivity index (χ2v) is 4.96. The number of nitrogens with one attached hydrogen (secondary N) is 1. The fraction of sp³-hybridized carbons (Fsp3) is 0.0909. The van der Waals surface area contributed by atoms with Gasteiger partial charge in [-0.25, -0.2) is 9.97 Å². The molecule has 0 aliphatic carbocycles. The van der Waals surface area contributed by atoms with Crippen molar-refractivity contribution < 1.29 is 4.74 Å². The van der Waals surface area contributed by atoms with Gasteiger partial charge in [0.2, 0.25) is 0 Å². The lowest BCUT2D eigenvalue weighted by Crippen LogP contribution is -1.97. The van der Waals surface area contributed by atoms with Gasteiger partial charge in [-0.1, -0.05) is 15.9 Å². The van der Waals surface area contributed by atoms with Crippen LogP contribution in [-0.4, -0.2) is 17.1 Å². The molecule has 0 fully saturated rings. The number of methoxy groups -OCH3 is 1. The van der Waals surface area contributed by atoms with Gasteiger partial charge in [0.1, 0.15) is 17.9 Å². The molecule has 1 heterocycles. The molecule has 0 spiro atoms. The maximum absolute atomic E-state index is 5.27. The summed E-state index contributed by atoms with van der Waals surface area (Å²) in [5, 5.41) is 3.18. The lowest BCUT2D eigenvalue weighted by Gasteiger charge is -2.11. The van der Waals surface area contributed by atoms with E-state index in [9.17, 15) is 0 Å². The summed E-state index contributed by atoms with van der Waals surface area (Å²) < 4.78 is 7.03. The minimum absolute atomic E-state index is 0.691. The van der Waals surface area contributed by atoms with E-state index in [0.717, 1.165) is 20.4 Å². The van der Waals surface area contributed by atoms with Gasteiger partial charge in [0, 0.05) is 10.7 Å². The van der Waals surface area contributed by atoms with Crippen molar-refractivity contribution in [3.63, 3.8) is 0 Å².